The molecule has 2 rings (SSSR count). The molecule has 1 aliphatic rings. The summed E-state index contributed by atoms with van der Waals surface area (Å²) in [6.45, 7) is 4.75. The summed E-state index contributed by atoms with van der Waals surface area (Å²) in [5.41, 5.74) is -0.828. The predicted molar refractivity (Wildman–Crippen MR) is 102 cm³/mol. The van der Waals surface area contributed by atoms with Gasteiger partial charge in [0.2, 0.25) is 0 Å². The maximum Gasteiger partial charge on any atom is 0.411 e. The first kappa shape index (κ1) is 22.0. The Hall–Kier alpha value is -2.31. The second-order valence-corrected chi connectivity index (χ2v) is 10.1. The summed E-state index contributed by atoms with van der Waals surface area (Å²) in [5, 5.41) is 8.01. The highest BCUT2D eigenvalue weighted by Gasteiger charge is 2.47. The van der Waals surface area contributed by atoms with Gasteiger partial charge in [0.15, 0.2) is 16.0 Å². The fraction of sp³-hybridized carbons (Fsp3) is 0.500. The van der Waals surface area contributed by atoms with Crippen LogP contribution in [0, 0.1) is 11.5 Å². The summed E-state index contributed by atoms with van der Waals surface area (Å²) in [5.74, 6) is -0.676. The Labute approximate surface area is 169 Å². The lowest BCUT2D eigenvalue weighted by Crippen LogP contribution is -2.47. The first-order chi connectivity index (χ1) is 12.9. The van der Waals surface area contributed by atoms with E-state index in [9.17, 15) is 18.0 Å². The van der Waals surface area contributed by atoms with E-state index >= 15 is 0 Å². The number of nitriles is 1. The third-order valence-corrected chi connectivity index (χ3v) is 6.87. The molecule has 1 aromatic carbocycles. The van der Waals surface area contributed by atoms with Gasteiger partial charge in [0, 0.05) is 13.6 Å². The van der Waals surface area contributed by atoms with Crippen LogP contribution in [0.5, 0.6) is 0 Å². The standard InChI is InChI=1S/C18H22ClN3O5S/c1-18(2,3)27-17(24)22-10-12(9-14(22)16(23)21(4)11-20)28(25,26)15-8-6-5-7-13(15)19/h5-8,12,14H,9-10H2,1-4H3/t12-,14+/m1/s1. The molecule has 0 aromatic heterocycles. The lowest BCUT2D eigenvalue weighted by molar-refractivity contribution is -0.131. The van der Waals surface area contributed by atoms with Gasteiger partial charge in [-0.3, -0.25) is 14.6 Å². The molecule has 0 spiro atoms. The molecule has 2 atom stereocenters. The molecule has 0 bridgehead atoms. The van der Waals surface area contributed by atoms with Gasteiger partial charge in [-0.2, -0.15) is 5.26 Å². The number of ether oxygens (including phenoxy) is 1. The lowest BCUT2D eigenvalue weighted by atomic mass is 10.2. The molecule has 0 radical (unpaired) electrons. The lowest BCUT2D eigenvalue weighted by Gasteiger charge is -2.28. The Morgan fingerprint density at radius 2 is 1.93 bits per heavy atom. The summed E-state index contributed by atoms with van der Waals surface area (Å²) in [7, 11) is -2.66. The van der Waals surface area contributed by atoms with E-state index < -0.39 is 38.7 Å². The first-order valence-corrected chi connectivity index (χ1v) is 10.5. The number of likely N-dealkylation sites (tertiary alicyclic amines) is 1. The van der Waals surface area contributed by atoms with Gasteiger partial charge in [-0.1, -0.05) is 23.7 Å². The van der Waals surface area contributed by atoms with Crippen LogP contribution in [0.1, 0.15) is 27.2 Å². The summed E-state index contributed by atoms with van der Waals surface area (Å²) < 4.78 is 31.4. The largest absolute Gasteiger partial charge is 0.444 e. The van der Waals surface area contributed by atoms with Crippen LogP contribution >= 0.6 is 11.6 Å². The predicted octanol–water partition coefficient (Wildman–Crippen LogP) is 2.43. The Bertz CT molecular complexity index is 920. The summed E-state index contributed by atoms with van der Waals surface area (Å²) >= 11 is 6.04. The van der Waals surface area contributed by atoms with Gasteiger partial charge in [0.1, 0.15) is 11.6 Å². The number of hydrogen-bond donors (Lipinski definition) is 0. The van der Waals surface area contributed by atoms with Crippen LogP contribution in [0.4, 0.5) is 4.79 Å². The number of hydrogen-bond acceptors (Lipinski definition) is 6. The number of sulfone groups is 1. The smallest absolute Gasteiger partial charge is 0.411 e. The molecule has 0 unspecified atom stereocenters. The molecular weight excluding hydrogens is 406 g/mol. The Morgan fingerprint density at radius 1 is 1.32 bits per heavy atom. The number of likely N-dealkylation sites (N-methyl/N-ethyl adjacent to an activating group) is 1. The molecule has 1 aromatic rings. The average Bonchev–Trinajstić information content (AvgIpc) is 3.05. The van der Waals surface area contributed by atoms with E-state index in [4.69, 9.17) is 21.6 Å². The van der Waals surface area contributed by atoms with Crippen molar-refractivity contribution in [2.24, 2.45) is 0 Å². The van der Waals surface area contributed by atoms with Crippen LogP contribution in [0.15, 0.2) is 29.2 Å². The fourth-order valence-electron chi connectivity index (χ4n) is 2.91. The Morgan fingerprint density at radius 3 is 2.46 bits per heavy atom. The number of benzene rings is 1. The molecule has 28 heavy (non-hydrogen) atoms. The molecule has 1 fully saturated rings. The van der Waals surface area contributed by atoms with Crippen molar-refractivity contribution in [3.05, 3.63) is 29.3 Å². The average molecular weight is 428 g/mol. The third kappa shape index (κ3) is 4.56. The Balaban J connectivity index is 2.40. The fourth-order valence-corrected chi connectivity index (χ4v) is 5.12. The molecule has 0 aliphatic carbocycles. The molecule has 1 heterocycles. The third-order valence-electron chi connectivity index (χ3n) is 4.24. The van der Waals surface area contributed by atoms with E-state index in [-0.39, 0.29) is 22.9 Å². The van der Waals surface area contributed by atoms with E-state index in [0.29, 0.717) is 0 Å². The topological polar surface area (TPSA) is 108 Å². The van der Waals surface area contributed by atoms with Gasteiger partial charge in [-0.05, 0) is 39.3 Å². The van der Waals surface area contributed by atoms with Crippen LogP contribution in [-0.4, -0.2) is 60.7 Å². The zero-order valence-corrected chi connectivity index (χ0v) is 17.6. The molecule has 152 valence electrons. The number of amides is 2. The van der Waals surface area contributed by atoms with Gasteiger partial charge in [0.25, 0.3) is 5.91 Å². The van der Waals surface area contributed by atoms with E-state index in [1.54, 1.807) is 39.1 Å². The van der Waals surface area contributed by atoms with E-state index in [1.165, 1.54) is 19.2 Å². The van der Waals surface area contributed by atoms with Gasteiger partial charge < -0.3 is 4.74 Å². The zero-order chi connectivity index (χ0) is 21.3. The number of rotatable bonds is 3. The van der Waals surface area contributed by atoms with Crippen LogP contribution in [-0.2, 0) is 19.4 Å². The van der Waals surface area contributed by atoms with Gasteiger partial charge in [-0.25, -0.2) is 13.2 Å². The van der Waals surface area contributed by atoms with Crippen molar-refractivity contribution in [2.75, 3.05) is 13.6 Å². The molecule has 10 heteroatoms. The molecule has 8 nitrogen and oxygen atoms in total. The molecule has 2 amide bonds. The number of nitrogens with zero attached hydrogens (tertiary/aromatic N) is 3. The van der Waals surface area contributed by atoms with Crippen molar-refractivity contribution < 1.29 is 22.7 Å². The molecule has 0 N–H and O–H groups in total. The zero-order valence-electron chi connectivity index (χ0n) is 16.0. The van der Waals surface area contributed by atoms with Crippen LogP contribution in [0.2, 0.25) is 5.02 Å². The number of halogens is 1. The first-order valence-electron chi connectivity index (χ1n) is 8.54. The normalized spacial score (nSPS) is 19.8. The maximum atomic E-state index is 13.1. The molecule has 1 aliphatic heterocycles. The van der Waals surface area contributed by atoms with E-state index in [2.05, 4.69) is 0 Å². The van der Waals surface area contributed by atoms with Crippen molar-refractivity contribution in [3.63, 3.8) is 0 Å². The highest BCUT2D eigenvalue weighted by atomic mass is 35.5. The van der Waals surface area contributed by atoms with Crippen LogP contribution < -0.4 is 0 Å². The second kappa shape index (κ2) is 7.97. The molecule has 0 saturated carbocycles. The van der Waals surface area contributed by atoms with Gasteiger partial charge >= 0.3 is 6.09 Å². The Kier molecular flexibility index (Phi) is 6.26. The highest BCUT2D eigenvalue weighted by Crippen LogP contribution is 2.32. The number of carbonyl (C=O) groups is 2. The highest BCUT2D eigenvalue weighted by molar-refractivity contribution is 7.92. The SMILES string of the molecule is CN(C#N)C(=O)[C@@H]1C[C@@H](S(=O)(=O)c2ccccc2Cl)CN1C(=O)OC(C)(C)C. The van der Waals surface area contributed by atoms with Gasteiger partial charge in [-0.15, -0.1) is 0 Å². The van der Waals surface area contributed by atoms with Crippen molar-refractivity contribution in [2.45, 2.75) is 49.0 Å². The molecule has 1 saturated heterocycles. The summed E-state index contributed by atoms with van der Waals surface area (Å²) in [4.78, 5) is 26.9. The van der Waals surface area contributed by atoms with Crippen LogP contribution in [0.3, 0.4) is 0 Å². The van der Waals surface area contributed by atoms with E-state index in [1.807, 2.05) is 0 Å². The summed E-state index contributed by atoms with van der Waals surface area (Å²) in [6, 6.07) is 4.87. The minimum atomic E-state index is -3.91. The number of carbonyl (C=O) groups excluding carboxylic acids is 2. The van der Waals surface area contributed by atoms with E-state index in [0.717, 1.165) is 9.80 Å². The molecular formula is C18H22ClN3O5S. The monoisotopic (exact) mass is 427 g/mol. The van der Waals surface area contributed by atoms with Crippen molar-refractivity contribution in [1.29, 1.82) is 5.26 Å². The second-order valence-electron chi connectivity index (χ2n) is 7.48. The quantitative estimate of drug-likeness (QED) is 0.541. The minimum Gasteiger partial charge on any atom is -0.444 e. The van der Waals surface area contributed by atoms with Crippen LogP contribution in [0.25, 0.3) is 0 Å². The maximum absolute atomic E-state index is 13.1. The van der Waals surface area contributed by atoms with Crippen molar-refractivity contribution in [1.82, 2.24) is 9.80 Å². The van der Waals surface area contributed by atoms with Gasteiger partial charge in [0.05, 0.1) is 15.2 Å². The minimum absolute atomic E-state index is 0.0625. The summed E-state index contributed by atoms with van der Waals surface area (Å²) in [6.07, 6.45) is 0.712. The van der Waals surface area contributed by atoms with Crippen molar-refractivity contribution in [3.8, 4) is 6.19 Å². The van der Waals surface area contributed by atoms with Crippen molar-refractivity contribution >= 4 is 33.4 Å².